The molecule has 1 nitrogen and oxygen atoms in total. The molecule has 1 heterocycles. The molecule has 0 saturated heterocycles. The average molecular weight is 344 g/mol. The molecule has 3 aromatic carbocycles. The molecule has 0 aliphatic carbocycles. The first-order valence-corrected chi connectivity index (χ1v) is 8.72. The van der Waals surface area contributed by atoms with E-state index in [4.69, 9.17) is 16.6 Å². The number of halogens is 1. The standard InChI is InChI=1S/C23H18ClN/c1-15-4-11-22-18(13-15)7-12-23(25-22)21-14-16(2)3-10-20(21)17-5-8-19(24)9-6-17/h3-14H,1-2H3. The van der Waals surface area contributed by atoms with Gasteiger partial charge in [-0.15, -0.1) is 0 Å². The molecule has 122 valence electrons. The third-order valence-corrected chi connectivity index (χ3v) is 4.70. The van der Waals surface area contributed by atoms with Gasteiger partial charge in [0, 0.05) is 16.0 Å². The first-order valence-electron chi connectivity index (χ1n) is 8.34. The highest BCUT2D eigenvalue weighted by Crippen LogP contribution is 2.33. The summed E-state index contributed by atoms with van der Waals surface area (Å²) in [4.78, 5) is 4.91. The van der Waals surface area contributed by atoms with E-state index < -0.39 is 0 Å². The van der Waals surface area contributed by atoms with Crippen LogP contribution < -0.4 is 0 Å². The largest absolute Gasteiger partial charge is 0.248 e. The Morgan fingerprint density at radius 2 is 1.40 bits per heavy atom. The second-order valence-electron chi connectivity index (χ2n) is 6.45. The van der Waals surface area contributed by atoms with Gasteiger partial charge in [-0.2, -0.15) is 0 Å². The Labute approximate surface area is 152 Å². The van der Waals surface area contributed by atoms with E-state index in [1.807, 2.05) is 12.1 Å². The summed E-state index contributed by atoms with van der Waals surface area (Å²) < 4.78 is 0. The smallest absolute Gasteiger partial charge is 0.0716 e. The van der Waals surface area contributed by atoms with Crippen molar-refractivity contribution in [3.8, 4) is 22.4 Å². The molecule has 0 saturated carbocycles. The number of hydrogen-bond acceptors (Lipinski definition) is 1. The van der Waals surface area contributed by atoms with Crippen LogP contribution in [0.15, 0.2) is 72.8 Å². The fourth-order valence-electron chi connectivity index (χ4n) is 3.15. The predicted molar refractivity (Wildman–Crippen MR) is 107 cm³/mol. The van der Waals surface area contributed by atoms with Crippen LogP contribution in [0.5, 0.6) is 0 Å². The monoisotopic (exact) mass is 343 g/mol. The number of benzene rings is 3. The Kier molecular flexibility index (Phi) is 4.03. The summed E-state index contributed by atoms with van der Waals surface area (Å²) in [5.41, 5.74) is 7.94. The molecular weight excluding hydrogens is 326 g/mol. The first-order chi connectivity index (χ1) is 12.1. The molecule has 0 amide bonds. The van der Waals surface area contributed by atoms with Crippen molar-refractivity contribution in [1.82, 2.24) is 4.98 Å². The van der Waals surface area contributed by atoms with Crippen molar-refractivity contribution in [3.63, 3.8) is 0 Å². The van der Waals surface area contributed by atoms with Gasteiger partial charge in [-0.1, -0.05) is 59.1 Å². The van der Waals surface area contributed by atoms with E-state index in [9.17, 15) is 0 Å². The number of pyridine rings is 1. The van der Waals surface area contributed by atoms with Crippen LogP contribution in [0.25, 0.3) is 33.3 Å². The van der Waals surface area contributed by atoms with Crippen LogP contribution in [0, 0.1) is 13.8 Å². The van der Waals surface area contributed by atoms with Crippen molar-refractivity contribution in [2.45, 2.75) is 13.8 Å². The van der Waals surface area contributed by atoms with Crippen LogP contribution in [0.1, 0.15) is 11.1 Å². The van der Waals surface area contributed by atoms with Crippen LogP contribution in [0.3, 0.4) is 0 Å². The summed E-state index contributed by atoms with van der Waals surface area (Å²) in [6.07, 6.45) is 0. The van der Waals surface area contributed by atoms with E-state index in [2.05, 4.69) is 74.5 Å². The lowest BCUT2D eigenvalue weighted by Gasteiger charge is -2.12. The van der Waals surface area contributed by atoms with Gasteiger partial charge in [-0.25, -0.2) is 4.98 Å². The van der Waals surface area contributed by atoms with Gasteiger partial charge in [0.1, 0.15) is 0 Å². The summed E-state index contributed by atoms with van der Waals surface area (Å²) in [6, 6.07) is 25.1. The fourth-order valence-corrected chi connectivity index (χ4v) is 3.27. The second-order valence-corrected chi connectivity index (χ2v) is 6.89. The van der Waals surface area contributed by atoms with Crippen molar-refractivity contribution in [2.75, 3.05) is 0 Å². The maximum atomic E-state index is 6.05. The van der Waals surface area contributed by atoms with Crippen LogP contribution in [-0.4, -0.2) is 4.98 Å². The van der Waals surface area contributed by atoms with Crippen molar-refractivity contribution in [1.29, 1.82) is 0 Å². The Morgan fingerprint density at radius 3 is 2.20 bits per heavy atom. The maximum Gasteiger partial charge on any atom is 0.0716 e. The highest BCUT2D eigenvalue weighted by molar-refractivity contribution is 6.30. The van der Waals surface area contributed by atoms with Crippen LogP contribution >= 0.6 is 11.6 Å². The quantitative estimate of drug-likeness (QED) is 0.388. The molecule has 25 heavy (non-hydrogen) atoms. The van der Waals surface area contributed by atoms with E-state index in [0.29, 0.717) is 0 Å². The van der Waals surface area contributed by atoms with Gasteiger partial charge < -0.3 is 0 Å². The van der Waals surface area contributed by atoms with Crippen LogP contribution in [0.4, 0.5) is 0 Å². The van der Waals surface area contributed by atoms with E-state index in [-0.39, 0.29) is 0 Å². The Bertz CT molecular complexity index is 1070. The van der Waals surface area contributed by atoms with Gasteiger partial charge in [0.05, 0.1) is 11.2 Å². The molecule has 1 aromatic heterocycles. The third kappa shape index (κ3) is 3.16. The number of aromatic nitrogens is 1. The molecule has 2 heteroatoms. The topological polar surface area (TPSA) is 12.9 Å². The summed E-state index contributed by atoms with van der Waals surface area (Å²) in [5.74, 6) is 0. The fraction of sp³-hybridized carbons (Fsp3) is 0.0870. The lowest BCUT2D eigenvalue weighted by atomic mass is 9.95. The molecule has 0 aliphatic rings. The van der Waals surface area contributed by atoms with E-state index in [0.717, 1.165) is 27.4 Å². The molecule has 0 spiro atoms. The summed E-state index contributed by atoms with van der Waals surface area (Å²) in [5, 5.41) is 1.92. The molecule has 4 rings (SSSR count). The van der Waals surface area contributed by atoms with Gasteiger partial charge in [0.15, 0.2) is 0 Å². The van der Waals surface area contributed by atoms with Crippen LogP contribution in [-0.2, 0) is 0 Å². The lowest BCUT2D eigenvalue weighted by molar-refractivity contribution is 1.37. The molecule has 0 bridgehead atoms. The number of aryl methyl sites for hydroxylation is 2. The Morgan fingerprint density at radius 1 is 0.680 bits per heavy atom. The highest BCUT2D eigenvalue weighted by atomic mass is 35.5. The van der Waals surface area contributed by atoms with Gasteiger partial charge >= 0.3 is 0 Å². The number of hydrogen-bond donors (Lipinski definition) is 0. The predicted octanol–water partition coefficient (Wildman–Crippen LogP) is 6.84. The Hall–Kier alpha value is -2.64. The molecule has 0 fully saturated rings. The number of fused-ring (bicyclic) bond motifs is 1. The van der Waals surface area contributed by atoms with Crippen molar-refractivity contribution in [2.24, 2.45) is 0 Å². The van der Waals surface area contributed by atoms with Crippen LogP contribution in [0.2, 0.25) is 5.02 Å². The lowest BCUT2D eigenvalue weighted by Crippen LogP contribution is -1.91. The molecule has 4 aromatic rings. The van der Waals surface area contributed by atoms with Crippen molar-refractivity contribution >= 4 is 22.5 Å². The molecule has 0 radical (unpaired) electrons. The maximum absolute atomic E-state index is 6.05. The minimum atomic E-state index is 0.747. The summed E-state index contributed by atoms with van der Waals surface area (Å²) in [6.45, 7) is 4.21. The van der Waals surface area contributed by atoms with E-state index in [1.165, 1.54) is 22.1 Å². The summed E-state index contributed by atoms with van der Waals surface area (Å²) in [7, 11) is 0. The minimum absolute atomic E-state index is 0.747. The molecule has 0 N–H and O–H groups in total. The zero-order valence-electron chi connectivity index (χ0n) is 14.3. The SMILES string of the molecule is Cc1ccc(-c2ccc(Cl)cc2)c(-c2ccc3cc(C)ccc3n2)c1. The number of nitrogens with zero attached hydrogens (tertiary/aromatic N) is 1. The highest BCUT2D eigenvalue weighted by Gasteiger charge is 2.10. The average Bonchev–Trinajstić information content (AvgIpc) is 2.62. The first kappa shape index (κ1) is 15.9. The minimum Gasteiger partial charge on any atom is -0.248 e. The molecular formula is C23H18ClN. The van der Waals surface area contributed by atoms with Gasteiger partial charge in [0.2, 0.25) is 0 Å². The third-order valence-electron chi connectivity index (χ3n) is 4.45. The van der Waals surface area contributed by atoms with E-state index >= 15 is 0 Å². The van der Waals surface area contributed by atoms with E-state index in [1.54, 1.807) is 0 Å². The van der Waals surface area contributed by atoms with Gasteiger partial charge in [0.25, 0.3) is 0 Å². The molecule has 0 aliphatic heterocycles. The molecule has 0 atom stereocenters. The molecule has 0 unspecified atom stereocenters. The van der Waals surface area contributed by atoms with Gasteiger partial charge in [-0.3, -0.25) is 0 Å². The normalized spacial score (nSPS) is 11.0. The zero-order valence-corrected chi connectivity index (χ0v) is 15.0. The van der Waals surface area contributed by atoms with Crippen molar-refractivity contribution < 1.29 is 0 Å². The zero-order chi connectivity index (χ0) is 17.4. The summed E-state index contributed by atoms with van der Waals surface area (Å²) >= 11 is 6.05. The number of rotatable bonds is 2. The van der Waals surface area contributed by atoms with Crippen molar-refractivity contribution in [3.05, 3.63) is 88.9 Å². The second kappa shape index (κ2) is 6.34. The van der Waals surface area contributed by atoms with Gasteiger partial charge in [-0.05, 0) is 61.4 Å². The Balaban J connectivity index is 1.91.